The van der Waals surface area contributed by atoms with Crippen LogP contribution in [0.1, 0.15) is 23.6 Å². The summed E-state index contributed by atoms with van der Waals surface area (Å²) in [5.74, 6) is 1.44. The highest BCUT2D eigenvalue weighted by molar-refractivity contribution is 7.99. The molecule has 6 heteroatoms. The van der Waals surface area contributed by atoms with Gasteiger partial charge in [-0.25, -0.2) is 5.43 Å². The van der Waals surface area contributed by atoms with Crippen molar-refractivity contribution in [3.8, 4) is 11.5 Å². The molecule has 0 atom stereocenters. The zero-order valence-electron chi connectivity index (χ0n) is 14.4. The van der Waals surface area contributed by atoms with Crippen molar-refractivity contribution in [1.82, 2.24) is 5.43 Å². The molecule has 0 saturated carbocycles. The molecule has 5 nitrogen and oxygen atoms in total. The number of amides is 1. The Morgan fingerprint density at radius 2 is 2.04 bits per heavy atom. The van der Waals surface area contributed by atoms with Crippen LogP contribution in [-0.4, -0.2) is 29.6 Å². The Morgan fingerprint density at radius 3 is 2.76 bits per heavy atom. The molecule has 2 N–H and O–H groups in total. The maximum absolute atomic E-state index is 11.8. The molecular formula is C19H22N2O3S. The minimum Gasteiger partial charge on any atom is -0.504 e. The highest BCUT2D eigenvalue weighted by Crippen LogP contribution is 2.26. The predicted octanol–water partition coefficient (Wildman–Crippen LogP) is 3.48. The van der Waals surface area contributed by atoms with Crippen molar-refractivity contribution in [2.45, 2.75) is 19.6 Å². The summed E-state index contributed by atoms with van der Waals surface area (Å²) in [4.78, 5) is 11.8. The number of thioether (sulfide) groups is 1. The summed E-state index contributed by atoms with van der Waals surface area (Å²) in [6.07, 6.45) is 1.52. The number of hydrogen-bond acceptors (Lipinski definition) is 5. The molecule has 0 radical (unpaired) electrons. The van der Waals surface area contributed by atoms with Crippen molar-refractivity contribution in [2.75, 3.05) is 12.4 Å². The molecule has 0 aromatic heterocycles. The first-order valence-corrected chi connectivity index (χ1v) is 9.15. The van der Waals surface area contributed by atoms with Gasteiger partial charge in [0.2, 0.25) is 5.91 Å². The molecule has 25 heavy (non-hydrogen) atoms. The van der Waals surface area contributed by atoms with E-state index in [-0.39, 0.29) is 11.7 Å². The fourth-order valence-corrected chi connectivity index (χ4v) is 2.82. The fourth-order valence-electron chi connectivity index (χ4n) is 2.04. The number of carbonyl (C=O) groups is 1. The van der Waals surface area contributed by atoms with Crippen molar-refractivity contribution in [2.24, 2.45) is 5.10 Å². The van der Waals surface area contributed by atoms with Gasteiger partial charge >= 0.3 is 0 Å². The molecule has 1 amide bonds. The lowest BCUT2D eigenvalue weighted by Crippen LogP contribution is -2.19. The summed E-state index contributed by atoms with van der Waals surface area (Å²) < 4.78 is 5.30. The summed E-state index contributed by atoms with van der Waals surface area (Å²) in [6, 6.07) is 13.2. The van der Waals surface area contributed by atoms with Crippen LogP contribution in [-0.2, 0) is 10.5 Å². The average Bonchev–Trinajstić information content (AvgIpc) is 2.60. The van der Waals surface area contributed by atoms with Crippen molar-refractivity contribution in [1.29, 1.82) is 0 Å². The molecule has 0 spiro atoms. The van der Waals surface area contributed by atoms with Crippen molar-refractivity contribution in [3.05, 3.63) is 59.2 Å². The molecule has 0 aliphatic rings. The van der Waals surface area contributed by atoms with E-state index in [9.17, 15) is 9.90 Å². The van der Waals surface area contributed by atoms with Gasteiger partial charge in [0.15, 0.2) is 11.5 Å². The van der Waals surface area contributed by atoms with Crippen LogP contribution in [0.15, 0.2) is 47.6 Å². The van der Waals surface area contributed by atoms with E-state index in [1.807, 2.05) is 13.8 Å². The van der Waals surface area contributed by atoms with E-state index in [1.165, 1.54) is 35.2 Å². The van der Waals surface area contributed by atoms with Crippen LogP contribution in [0.3, 0.4) is 0 Å². The third-order valence-electron chi connectivity index (χ3n) is 3.31. The molecule has 0 heterocycles. The number of nitrogens with one attached hydrogen (secondary N) is 1. The van der Waals surface area contributed by atoms with Gasteiger partial charge in [-0.1, -0.05) is 29.8 Å². The van der Waals surface area contributed by atoms with Gasteiger partial charge in [0.25, 0.3) is 0 Å². The third kappa shape index (κ3) is 6.51. The van der Waals surface area contributed by atoms with Gasteiger partial charge in [-0.05, 0) is 43.2 Å². The lowest BCUT2D eigenvalue weighted by Gasteiger charge is -2.06. The molecule has 0 fully saturated rings. The molecule has 2 aromatic rings. The number of phenolic OH excluding ortho intramolecular Hbond substituents is 1. The number of hydrogen-bond donors (Lipinski definition) is 2. The second-order valence-electron chi connectivity index (χ2n) is 5.43. The fraction of sp³-hybridized carbons (Fsp3) is 0.263. The van der Waals surface area contributed by atoms with Crippen LogP contribution < -0.4 is 10.2 Å². The van der Waals surface area contributed by atoms with Gasteiger partial charge in [-0.2, -0.15) is 5.10 Å². The minimum absolute atomic E-state index is 0.0792. The Bertz CT molecular complexity index is 730. The van der Waals surface area contributed by atoms with E-state index < -0.39 is 0 Å². The number of carbonyl (C=O) groups excluding carboxylic acids is 1. The topological polar surface area (TPSA) is 70.9 Å². The molecule has 2 rings (SSSR count). The third-order valence-corrected chi connectivity index (χ3v) is 4.31. The first-order chi connectivity index (χ1) is 12.1. The molecule has 0 bridgehead atoms. The lowest BCUT2D eigenvalue weighted by molar-refractivity contribution is -0.118. The van der Waals surface area contributed by atoms with E-state index in [0.717, 1.165) is 11.3 Å². The number of rotatable bonds is 8. The smallest absolute Gasteiger partial charge is 0.250 e. The zero-order chi connectivity index (χ0) is 18.1. The largest absolute Gasteiger partial charge is 0.504 e. The Balaban J connectivity index is 1.76. The van der Waals surface area contributed by atoms with Crippen LogP contribution in [0.5, 0.6) is 11.5 Å². The lowest BCUT2D eigenvalue weighted by atomic mass is 10.2. The van der Waals surface area contributed by atoms with Crippen molar-refractivity contribution in [3.63, 3.8) is 0 Å². The van der Waals surface area contributed by atoms with E-state index >= 15 is 0 Å². The Kier molecular flexibility index (Phi) is 7.35. The summed E-state index contributed by atoms with van der Waals surface area (Å²) in [5, 5.41) is 13.6. The standard InChI is InChI=1S/C19H22N2O3S/c1-3-24-18-10-16(8-9-17(18)22)11-20-21-19(23)13-25-12-15-6-4-14(2)5-7-15/h4-11,22H,3,12-13H2,1-2H3,(H,21,23)/b20-11-. The Labute approximate surface area is 152 Å². The number of ether oxygens (including phenoxy) is 1. The average molecular weight is 358 g/mol. The Hall–Kier alpha value is -2.47. The number of benzene rings is 2. The number of aromatic hydroxyl groups is 1. The van der Waals surface area contributed by atoms with Gasteiger partial charge in [0, 0.05) is 5.75 Å². The van der Waals surface area contributed by atoms with Crippen molar-refractivity contribution < 1.29 is 14.6 Å². The van der Waals surface area contributed by atoms with E-state index in [1.54, 1.807) is 12.1 Å². The number of hydrazone groups is 1. The maximum Gasteiger partial charge on any atom is 0.250 e. The Morgan fingerprint density at radius 1 is 1.28 bits per heavy atom. The summed E-state index contributed by atoms with van der Waals surface area (Å²) in [5.41, 5.74) is 5.65. The van der Waals surface area contributed by atoms with Gasteiger partial charge in [0.1, 0.15) is 0 Å². The first kappa shape index (κ1) is 18.9. The second-order valence-corrected chi connectivity index (χ2v) is 6.42. The number of aryl methyl sites for hydroxylation is 1. The quantitative estimate of drug-likeness (QED) is 0.560. The van der Waals surface area contributed by atoms with Gasteiger partial charge in [-0.3, -0.25) is 4.79 Å². The van der Waals surface area contributed by atoms with Gasteiger partial charge < -0.3 is 9.84 Å². The summed E-state index contributed by atoms with van der Waals surface area (Å²) >= 11 is 1.54. The van der Waals surface area contributed by atoms with Gasteiger partial charge in [0.05, 0.1) is 18.6 Å². The number of phenols is 1. The highest BCUT2D eigenvalue weighted by atomic mass is 32.2. The minimum atomic E-state index is -0.155. The molecule has 0 aliphatic heterocycles. The number of nitrogens with zero attached hydrogens (tertiary/aromatic N) is 1. The van der Waals surface area contributed by atoms with E-state index in [0.29, 0.717) is 18.1 Å². The van der Waals surface area contributed by atoms with E-state index in [4.69, 9.17) is 4.74 Å². The molecule has 0 unspecified atom stereocenters. The normalized spacial score (nSPS) is 10.8. The molecular weight excluding hydrogens is 336 g/mol. The van der Waals surface area contributed by atoms with Crippen LogP contribution in [0.4, 0.5) is 0 Å². The van der Waals surface area contributed by atoms with Gasteiger partial charge in [-0.15, -0.1) is 11.8 Å². The van der Waals surface area contributed by atoms with E-state index in [2.05, 4.69) is 34.8 Å². The van der Waals surface area contributed by atoms with Crippen LogP contribution in [0.25, 0.3) is 0 Å². The molecule has 132 valence electrons. The molecule has 0 saturated heterocycles. The SMILES string of the molecule is CCOc1cc(/C=N\NC(=O)CSCc2ccc(C)cc2)ccc1O. The molecule has 0 aliphatic carbocycles. The highest BCUT2D eigenvalue weighted by Gasteiger charge is 2.03. The van der Waals surface area contributed by atoms with Crippen LogP contribution in [0, 0.1) is 6.92 Å². The summed E-state index contributed by atoms with van der Waals surface area (Å²) in [7, 11) is 0. The maximum atomic E-state index is 11.8. The van der Waals surface area contributed by atoms with Crippen LogP contribution >= 0.6 is 11.8 Å². The molecule has 2 aromatic carbocycles. The monoisotopic (exact) mass is 358 g/mol. The zero-order valence-corrected chi connectivity index (χ0v) is 15.2. The van der Waals surface area contributed by atoms with Crippen LogP contribution in [0.2, 0.25) is 0 Å². The first-order valence-electron chi connectivity index (χ1n) is 7.99. The predicted molar refractivity (Wildman–Crippen MR) is 102 cm³/mol. The summed E-state index contributed by atoms with van der Waals surface area (Å²) in [6.45, 7) is 4.35. The second kappa shape index (κ2) is 9.74. The van der Waals surface area contributed by atoms with Crippen molar-refractivity contribution >= 4 is 23.9 Å².